The van der Waals surface area contributed by atoms with E-state index in [9.17, 15) is 18.7 Å². The van der Waals surface area contributed by atoms with Crippen molar-refractivity contribution in [1.82, 2.24) is 16.0 Å². The minimum atomic E-state index is -2.83. The molecule has 1 heterocycles. The molecule has 4 rings (SSSR count). The van der Waals surface area contributed by atoms with Gasteiger partial charge in [-0.15, -0.1) is 0 Å². The summed E-state index contributed by atoms with van der Waals surface area (Å²) >= 11 is 0. The quantitative estimate of drug-likeness (QED) is 0.572. The number of piperidine rings is 1. The zero-order valence-electron chi connectivity index (χ0n) is 14.6. The maximum absolute atomic E-state index is 13.7. The normalized spacial score (nSPS) is 34.1. The molecule has 0 aromatic heterocycles. The van der Waals surface area contributed by atoms with Crippen molar-refractivity contribution in [2.45, 2.75) is 36.8 Å². The van der Waals surface area contributed by atoms with E-state index < -0.39 is 29.8 Å². The molecule has 0 bridgehead atoms. The fraction of sp³-hybridized carbons (Fsp3) is 0.632. The van der Waals surface area contributed by atoms with E-state index in [0.29, 0.717) is 23.4 Å². The van der Waals surface area contributed by atoms with Gasteiger partial charge in [-0.2, -0.15) is 0 Å². The van der Waals surface area contributed by atoms with Gasteiger partial charge in [0.25, 0.3) is 5.91 Å². The van der Waals surface area contributed by atoms with Gasteiger partial charge in [0.15, 0.2) is 5.60 Å². The number of halogens is 2. The van der Waals surface area contributed by atoms with E-state index in [2.05, 4.69) is 16.0 Å². The molecule has 7 heteroatoms. The minimum Gasteiger partial charge on any atom is -0.375 e. The molecular formula is C19H25F2N3O2. The Bertz CT molecular complexity index is 662. The summed E-state index contributed by atoms with van der Waals surface area (Å²) in [7, 11) is 0. The molecule has 2 unspecified atom stereocenters. The number of rotatable bonds is 6. The van der Waals surface area contributed by atoms with Gasteiger partial charge in [0.1, 0.15) is 0 Å². The Morgan fingerprint density at radius 2 is 1.96 bits per heavy atom. The highest BCUT2D eigenvalue weighted by atomic mass is 19.3. The van der Waals surface area contributed by atoms with Crippen molar-refractivity contribution >= 4 is 5.91 Å². The molecule has 5 atom stereocenters. The third-order valence-electron chi connectivity index (χ3n) is 6.23. The summed E-state index contributed by atoms with van der Waals surface area (Å²) in [5.74, 6) is -3.03. The van der Waals surface area contributed by atoms with E-state index in [1.165, 1.54) is 0 Å². The second-order valence-corrected chi connectivity index (χ2v) is 7.83. The van der Waals surface area contributed by atoms with Gasteiger partial charge in [0.2, 0.25) is 5.92 Å². The Labute approximate surface area is 151 Å². The number of hydrogen-bond acceptors (Lipinski definition) is 4. The summed E-state index contributed by atoms with van der Waals surface area (Å²) in [6, 6.07) is 8.82. The summed E-state index contributed by atoms with van der Waals surface area (Å²) < 4.78 is 27.5. The first-order valence-electron chi connectivity index (χ1n) is 9.30. The Hall–Kier alpha value is -1.57. The van der Waals surface area contributed by atoms with Gasteiger partial charge < -0.3 is 15.7 Å². The Kier molecular flexibility index (Phi) is 4.49. The van der Waals surface area contributed by atoms with Crippen molar-refractivity contribution in [3.05, 3.63) is 35.9 Å². The summed E-state index contributed by atoms with van der Waals surface area (Å²) in [4.78, 5) is 12.9. The molecule has 1 aromatic rings. The van der Waals surface area contributed by atoms with E-state index in [4.69, 9.17) is 0 Å². The Morgan fingerprint density at radius 3 is 2.58 bits per heavy atom. The number of aliphatic hydroxyl groups is 1. The SMILES string of the molecule is O=C(NCNC1[C@H]2CNC[C@@H]12)[C@](O)(c1ccccc1)C1CCC(F)(F)C1. The molecule has 4 N–H and O–H groups in total. The lowest BCUT2D eigenvalue weighted by Crippen LogP contribution is -2.51. The number of nitrogens with one attached hydrogen (secondary N) is 3. The van der Waals surface area contributed by atoms with Gasteiger partial charge in [0, 0.05) is 24.8 Å². The summed E-state index contributed by atoms with van der Waals surface area (Å²) in [6.07, 6.45) is -0.647. The summed E-state index contributed by atoms with van der Waals surface area (Å²) in [6.45, 7) is 2.21. The van der Waals surface area contributed by atoms with Gasteiger partial charge in [0.05, 0.1) is 6.67 Å². The van der Waals surface area contributed by atoms with Gasteiger partial charge in [-0.05, 0) is 36.9 Å². The zero-order valence-corrected chi connectivity index (χ0v) is 14.6. The second kappa shape index (κ2) is 6.55. The van der Waals surface area contributed by atoms with Crippen molar-refractivity contribution in [1.29, 1.82) is 0 Å². The molecule has 2 saturated carbocycles. The van der Waals surface area contributed by atoms with Crippen LogP contribution >= 0.6 is 0 Å². The maximum atomic E-state index is 13.7. The van der Waals surface area contributed by atoms with Gasteiger partial charge in [-0.3, -0.25) is 10.1 Å². The number of amides is 1. The molecule has 0 radical (unpaired) electrons. The molecule has 2 aliphatic carbocycles. The van der Waals surface area contributed by atoms with Crippen molar-refractivity contribution in [3.63, 3.8) is 0 Å². The first-order valence-corrected chi connectivity index (χ1v) is 9.30. The molecule has 0 spiro atoms. The zero-order chi connectivity index (χ0) is 18.4. The number of fused-ring (bicyclic) bond motifs is 1. The lowest BCUT2D eigenvalue weighted by molar-refractivity contribution is -0.148. The van der Waals surface area contributed by atoms with Crippen molar-refractivity contribution in [2.75, 3.05) is 19.8 Å². The largest absolute Gasteiger partial charge is 0.375 e. The first kappa shape index (κ1) is 17.8. The van der Waals surface area contributed by atoms with Crippen LogP contribution in [0, 0.1) is 17.8 Å². The third-order valence-corrected chi connectivity index (χ3v) is 6.23. The van der Waals surface area contributed by atoms with Crippen molar-refractivity contribution in [2.24, 2.45) is 17.8 Å². The van der Waals surface area contributed by atoms with Crippen LogP contribution < -0.4 is 16.0 Å². The van der Waals surface area contributed by atoms with E-state index >= 15 is 0 Å². The molecule has 1 amide bonds. The van der Waals surface area contributed by atoms with Gasteiger partial charge in [-0.1, -0.05) is 30.3 Å². The summed E-state index contributed by atoms with van der Waals surface area (Å²) in [5, 5.41) is 20.6. The minimum absolute atomic E-state index is 0.123. The van der Waals surface area contributed by atoms with E-state index in [1.807, 2.05) is 0 Å². The standard InChI is InChI=1S/C19H25F2N3O2/c20-18(21)7-6-13(8-18)19(26,12-4-2-1-3-5-12)17(25)24-11-23-16-14-9-22-10-15(14)16/h1-5,13-16,22-23,26H,6-11H2,(H,24,25)/t13?,14-,15+,16?,19-/m0/s1. The van der Waals surface area contributed by atoms with Crippen LogP contribution in [0.4, 0.5) is 8.78 Å². The van der Waals surface area contributed by atoms with Crippen LogP contribution in [0.25, 0.3) is 0 Å². The highest BCUT2D eigenvalue weighted by Crippen LogP contribution is 2.47. The smallest absolute Gasteiger partial charge is 0.257 e. The van der Waals surface area contributed by atoms with E-state index in [-0.39, 0.29) is 19.5 Å². The van der Waals surface area contributed by atoms with Crippen molar-refractivity contribution < 1.29 is 18.7 Å². The van der Waals surface area contributed by atoms with Crippen LogP contribution in [0.1, 0.15) is 24.8 Å². The average Bonchev–Trinajstić information content (AvgIpc) is 2.98. The summed E-state index contributed by atoms with van der Waals surface area (Å²) in [5.41, 5.74) is -1.57. The molecule has 1 aromatic carbocycles. The number of carbonyl (C=O) groups is 1. The monoisotopic (exact) mass is 365 g/mol. The fourth-order valence-corrected chi connectivity index (χ4v) is 4.66. The lowest BCUT2D eigenvalue weighted by Gasteiger charge is -2.33. The van der Waals surface area contributed by atoms with Gasteiger partial charge in [-0.25, -0.2) is 8.78 Å². The molecule has 142 valence electrons. The van der Waals surface area contributed by atoms with E-state index in [0.717, 1.165) is 13.1 Å². The Morgan fingerprint density at radius 1 is 1.27 bits per heavy atom. The third kappa shape index (κ3) is 3.12. The molecule has 3 fully saturated rings. The van der Waals surface area contributed by atoms with E-state index in [1.54, 1.807) is 30.3 Å². The topological polar surface area (TPSA) is 73.4 Å². The predicted octanol–water partition coefficient (Wildman–Crippen LogP) is 1.19. The number of carbonyl (C=O) groups excluding carboxylic acids is 1. The molecule has 3 aliphatic rings. The van der Waals surface area contributed by atoms with Crippen LogP contribution in [0.2, 0.25) is 0 Å². The first-order chi connectivity index (χ1) is 12.4. The number of alkyl halides is 2. The molecule has 1 saturated heterocycles. The Balaban J connectivity index is 1.44. The van der Waals surface area contributed by atoms with Gasteiger partial charge >= 0.3 is 0 Å². The number of hydrogen-bond donors (Lipinski definition) is 4. The molecule has 5 nitrogen and oxygen atoms in total. The van der Waals surface area contributed by atoms with Crippen LogP contribution in [-0.2, 0) is 10.4 Å². The highest BCUT2D eigenvalue weighted by molar-refractivity contribution is 5.86. The molecule has 26 heavy (non-hydrogen) atoms. The second-order valence-electron chi connectivity index (χ2n) is 7.83. The maximum Gasteiger partial charge on any atom is 0.257 e. The molecular weight excluding hydrogens is 340 g/mol. The van der Waals surface area contributed by atoms with Crippen LogP contribution in [0.3, 0.4) is 0 Å². The predicted molar refractivity (Wildman–Crippen MR) is 92.4 cm³/mol. The van der Waals surface area contributed by atoms with Crippen molar-refractivity contribution in [3.8, 4) is 0 Å². The average molecular weight is 365 g/mol. The van der Waals surface area contributed by atoms with Crippen LogP contribution in [-0.4, -0.2) is 42.7 Å². The van der Waals surface area contributed by atoms with Crippen LogP contribution in [0.5, 0.6) is 0 Å². The van der Waals surface area contributed by atoms with Crippen LogP contribution in [0.15, 0.2) is 30.3 Å². The fourth-order valence-electron chi connectivity index (χ4n) is 4.66. The lowest BCUT2D eigenvalue weighted by atomic mass is 9.79. The number of benzene rings is 1. The molecule has 1 aliphatic heterocycles. The highest BCUT2D eigenvalue weighted by Gasteiger charge is 2.54.